The predicted molar refractivity (Wildman–Crippen MR) is 66.3 cm³/mol. The van der Waals surface area contributed by atoms with Gasteiger partial charge in [0.15, 0.2) is 0 Å². The Hall–Kier alpha value is -0.120. The van der Waals surface area contributed by atoms with Crippen LogP contribution in [-0.2, 0) is 4.74 Å². The lowest BCUT2D eigenvalue weighted by molar-refractivity contribution is 0.0608. The lowest BCUT2D eigenvalue weighted by Gasteiger charge is -2.42. The molecule has 0 spiro atoms. The van der Waals surface area contributed by atoms with Gasteiger partial charge in [-0.2, -0.15) is 0 Å². The van der Waals surface area contributed by atoms with Gasteiger partial charge < -0.3 is 10.5 Å². The van der Waals surface area contributed by atoms with Crippen molar-refractivity contribution in [2.24, 2.45) is 23.5 Å². The van der Waals surface area contributed by atoms with Crippen molar-refractivity contribution in [3.63, 3.8) is 0 Å². The van der Waals surface area contributed by atoms with Crippen molar-refractivity contribution >= 4 is 0 Å². The van der Waals surface area contributed by atoms with Crippen LogP contribution in [-0.4, -0.2) is 43.3 Å². The van der Waals surface area contributed by atoms with E-state index < -0.39 is 0 Å². The summed E-state index contributed by atoms with van der Waals surface area (Å²) in [5.74, 6) is 2.22. The van der Waals surface area contributed by atoms with Crippen molar-refractivity contribution in [2.75, 3.05) is 32.8 Å². The van der Waals surface area contributed by atoms with E-state index >= 15 is 0 Å². The molecule has 0 aliphatic carbocycles. The van der Waals surface area contributed by atoms with Gasteiger partial charge in [0.25, 0.3) is 0 Å². The van der Waals surface area contributed by atoms with E-state index in [4.69, 9.17) is 10.5 Å². The Bertz CT molecular complexity index is 230. The maximum atomic E-state index is 6.06. The largest absolute Gasteiger partial charge is 0.381 e. The van der Waals surface area contributed by atoms with Crippen LogP contribution < -0.4 is 5.73 Å². The van der Waals surface area contributed by atoms with Crippen LogP contribution in [0.3, 0.4) is 0 Å². The van der Waals surface area contributed by atoms with Crippen LogP contribution in [0.4, 0.5) is 0 Å². The summed E-state index contributed by atoms with van der Waals surface area (Å²) >= 11 is 0. The average Bonchev–Trinajstić information content (AvgIpc) is 2.89. The van der Waals surface area contributed by atoms with Crippen LogP contribution in [0.2, 0.25) is 0 Å². The maximum absolute atomic E-state index is 6.06. The van der Waals surface area contributed by atoms with Crippen LogP contribution in [0.1, 0.15) is 27.2 Å². The van der Waals surface area contributed by atoms with Crippen LogP contribution in [0, 0.1) is 17.8 Å². The molecule has 2 saturated heterocycles. The fraction of sp³-hybridized carbons (Fsp3) is 1.00. The lowest BCUT2D eigenvalue weighted by Crippen LogP contribution is -2.56. The van der Waals surface area contributed by atoms with Crippen LogP contribution in [0.15, 0.2) is 0 Å². The fourth-order valence-corrected chi connectivity index (χ4v) is 3.13. The standard InChI is InChI=1S/C13H26N2O/c1-10-6-15(7-11(10)2)13(3,9-14)12-4-5-16-8-12/h10-12H,4-9,14H2,1-3H3. The summed E-state index contributed by atoms with van der Waals surface area (Å²) in [6.45, 7) is 12.0. The number of hydrogen-bond acceptors (Lipinski definition) is 3. The second-order valence-electron chi connectivity index (χ2n) is 5.98. The van der Waals surface area contributed by atoms with E-state index in [-0.39, 0.29) is 5.54 Å². The van der Waals surface area contributed by atoms with Gasteiger partial charge in [-0.25, -0.2) is 0 Å². The summed E-state index contributed by atoms with van der Waals surface area (Å²) in [5.41, 5.74) is 6.21. The first-order valence-electron chi connectivity index (χ1n) is 6.60. The van der Waals surface area contributed by atoms with Crippen LogP contribution in [0.5, 0.6) is 0 Å². The molecule has 2 rings (SSSR count). The van der Waals surface area contributed by atoms with Crippen molar-refractivity contribution in [1.29, 1.82) is 0 Å². The average molecular weight is 226 g/mol. The number of nitrogens with zero attached hydrogens (tertiary/aromatic N) is 1. The maximum Gasteiger partial charge on any atom is 0.0513 e. The normalized spacial score (nSPS) is 40.1. The third kappa shape index (κ3) is 2.01. The molecule has 0 aromatic heterocycles. The zero-order chi connectivity index (χ0) is 11.8. The van der Waals surface area contributed by atoms with Gasteiger partial charge in [0.1, 0.15) is 0 Å². The molecule has 0 aromatic rings. The second kappa shape index (κ2) is 4.63. The molecule has 4 atom stereocenters. The van der Waals surface area contributed by atoms with Crippen molar-refractivity contribution < 1.29 is 4.74 Å². The number of likely N-dealkylation sites (tertiary alicyclic amines) is 1. The van der Waals surface area contributed by atoms with E-state index in [1.54, 1.807) is 0 Å². The Labute approximate surface area is 99.3 Å². The minimum atomic E-state index is 0.148. The molecule has 0 amide bonds. The highest BCUT2D eigenvalue weighted by Gasteiger charge is 2.44. The molecule has 0 bridgehead atoms. The molecule has 2 aliphatic heterocycles. The molecule has 2 heterocycles. The van der Waals surface area contributed by atoms with Crippen molar-refractivity contribution in [2.45, 2.75) is 32.7 Å². The summed E-state index contributed by atoms with van der Waals surface area (Å²) in [6.07, 6.45) is 1.17. The third-order valence-corrected chi connectivity index (χ3v) is 4.93. The van der Waals surface area contributed by atoms with E-state index in [1.807, 2.05) is 0 Å². The topological polar surface area (TPSA) is 38.5 Å². The quantitative estimate of drug-likeness (QED) is 0.789. The zero-order valence-electron chi connectivity index (χ0n) is 10.9. The Morgan fingerprint density at radius 1 is 1.31 bits per heavy atom. The molecule has 0 radical (unpaired) electrons. The van der Waals surface area contributed by atoms with Crippen LogP contribution >= 0.6 is 0 Å². The molecular formula is C13H26N2O. The van der Waals surface area contributed by atoms with Gasteiger partial charge in [-0.1, -0.05) is 13.8 Å². The van der Waals surface area contributed by atoms with E-state index in [2.05, 4.69) is 25.7 Å². The van der Waals surface area contributed by atoms with Gasteiger partial charge in [-0.05, 0) is 25.2 Å². The van der Waals surface area contributed by atoms with Gasteiger partial charge in [0.05, 0.1) is 6.61 Å². The molecule has 16 heavy (non-hydrogen) atoms. The van der Waals surface area contributed by atoms with Gasteiger partial charge in [0.2, 0.25) is 0 Å². The fourth-order valence-electron chi connectivity index (χ4n) is 3.13. The Kier molecular flexibility index (Phi) is 3.57. The summed E-state index contributed by atoms with van der Waals surface area (Å²) < 4.78 is 5.54. The van der Waals surface area contributed by atoms with E-state index in [1.165, 1.54) is 19.5 Å². The molecule has 94 valence electrons. The highest BCUT2D eigenvalue weighted by molar-refractivity contribution is 4.98. The van der Waals surface area contributed by atoms with Crippen molar-refractivity contribution in [1.82, 2.24) is 4.90 Å². The zero-order valence-corrected chi connectivity index (χ0v) is 10.9. The van der Waals surface area contributed by atoms with E-state index in [0.717, 1.165) is 31.6 Å². The number of rotatable bonds is 3. The molecule has 3 heteroatoms. The van der Waals surface area contributed by atoms with Gasteiger partial charge >= 0.3 is 0 Å². The molecule has 4 unspecified atom stereocenters. The molecule has 2 N–H and O–H groups in total. The van der Waals surface area contributed by atoms with Crippen molar-refractivity contribution in [3.8, 4) is 0 Å². The molecule has 0 saturated carbocycles. The highest BCUT2D eigenvalue weighted by Crippen LogP contribution is 2.36. The number of nitrogens with two attached hydrogens (primary N) is 1. The molecular weight excluding hydrogens is 200 g/mol. The minimum Gasteiger partial charge on any atom is -0.381 e. The monoisotopic (exact) mass is 226 g/mol. The molecule has 2 aliphatic rings. The first-order chi connectivity index (χ1) is 7.58. The molecule has 0 aromatic carbocycles. The minimum absolute atomic E-state index is 0.148. The Morgan fingerprint density at radius 3 is 2.38 bits per heavy atom. The summed E-state index contributed by atoms with van der Waals surface area (Å²) in [6, 6.07) is 0. The first kappa shape index (κ1) is 12.3. The Morgan fingerprint density at radius 2 is 1.94 bits per heavy atom. The summed E-state index contributed by atoms with van der Waals surface area (Å²) in [5, 5.41) is 0. The summed E-state index contributed by atoms with van der Waals surface area (Å²) in [4.78, 5) is 2.61. The molecule has 3 nitrogen and oxygen atoms in total. The number of hydrogen-bond donors (Lipinski definition) is 1. The third-order valence-electron chi connectivity index (χ3n) is 4.93. The molecule has 2 fully saturated rings. The lowest BCUT2D eigenvalue weighted by atomic mass is 9.83. The van der Waals surface area contributed by atoms with Gasteiger partial charge in [-0.15, -0.1) is 0 Å². The van der Waals surface area contributed by atoms with Crippen LogP contribution in [0.25, 0.3) is 0 Å². The summed E-state index contributed by atoms with van der Waals surface area (Å²) in [7, 11) is 0. The van der Waals surface area contributed by atoms with E-state index in [0.29, 0.717) is 5.92 Å². The van der Waals surface area contributed by atoms with Crippen molar-refractivity contribution in [3.05, 3.63) is 0 Å². The number of ether oxygens (including phenoxy) is 1. The van der Waals surface area contributed by atoms with Gasteiger partial charge in [-0.3, -0.25) is 4.90 Å². The van der Waals surface area contributed by atoms with Gasteiger partial charge in [0, 0.05) is 37.7 Å². The SMILES string of the molecule is CC1CN(C(C)(CN)C2CCOC2)CC1C. The first-order valence-corrected chi connectivity index (χ1v) is 6.60. The Balaban J connectivity index is 2.08. The van der Waals surface area contributed by atoms with E-state index in [9.17, 15) is 0 Å². The smallest absolute Gasteiger partial charge is 0.0513 e. The highest BCUT2D eigenvalue weighted by atomic mass is 16.5. The predicted octanol–water partition coefficient (Wildman–Crippen LogP) is 1.33. The second-order valence-corrected chi connectivity index (χ2v) is 5.98.